The minimum atomic E-state index is 0.398. The zero-order valence-electron chi connectivity index (χ0n) is 8.89. The molecule has 5 heteroatoms. The average Bonchev–Trinajstić information content (AvgIpc) is 2.30. The van der Waals surface area contributed by atoms with Crippen molar-refractivity contribution >= 4 is 28.9 Å². The minimum Gasteiger partial charge on any atom is -0.495 e. The van der Waals surface area contributed by atoms with E-state index in [1.807, 2.05) is 0 Å². The number of rotatable bonds is 5. The Hall–Kier alpha value is -1.11. The minimum absolute atomic E-state index is 0.398. The van der Waals surface area contributed by atoms with E-state index in [1.165, 1.54) is 7.11 Å². The third kappa shape index (κ3) is 3.19. The molecular formula is C11H12Cl2N2O. The SMILES string of the molecule is COc1ccc(NCCCC#N)c(Cl)c1Cl. The molecule has 0 radical (unpaired) electrons. The van der Waals surface area contributed by atoms with Crippen LogP contribution in [0.25, 0.3) is 0 Å². The van der Waals surface area contributed by atoms with E-state index in [2.05, 4.69) is 11.4 Å². The van der Waals surface area contributed by atoms with Gasteiger partial charge in [0.15, 0.2) is 0 Å². The lowest BCUT2D eigenvalue weighted by molar-refractivity contribution is 0.415. The van der Waals surface area contributed by atoms with Gasteiger partial charge in [-0.05, 0) is 18.6 Å². The summed E-state index contributed by atoms with van der Waals surface area (Å²) in [7, 11) is 1.54. The van der Waals surface area contributed by atoms with Crippen LogP contribution in [0.15, 0.2) is 12.1 Å². The van der Waals surface area contributed by atoms with Crippen molar-refractivity contribution in [2.75, 3.05) is 19.0 Å². The first-order valence-corrected chi connectivity index (χ1v) is 5.59. The van der Waals surface area contributed by atoms with Gasteiger partial charge in [0.2, 0.25) is 0 Å². The fourth-order valence-corrected chi connectivity index (χ4v) is 1.68. The number of hydrogen-bond acceptors (Lipinski definition) is 3. The molecule has 16 heavy (non-hydrogen) atoms. The molecule has 1 aromatic rings. The van der Waals surface area contributed by atoms with E-state index >= 15 is 0 Å². The van der Waals surface area contributed by atoms with Gasteiger partial charge in [-0.25, -0.2) is 0 Å². The van der Waals surface area contributed by atoms with E-state index in [-0.39, 0.29) is 0 Å². The molecule has 0 heterocycles. The fourth-order valence-electron chi connectivity index (χ4n) is 1.22. The first kappa shape index (κ1) is 13.0. The van der Waals surface area contributed by atoms with Gasteiger partial charge < -0.3 is 10.1 Å². The number of halogens is 2. The Labute approximate surface area is 105 Å². The predicted molar refractivity (Wildman–Crippen MR) is 66.4 cm³/mol. The second-order valence-corrected chi connectivity index (χ2v) is 3.89. The van der Waals surface area contributed by atoms with Crippen molar-refractivity contribution < 1.29 is 4.74 Å². The van der Waals surface area contributed by atoms with Crippen LogP contribution in [0.1, 0.15) is 12.8 Å². The van der Waals surface area contributed by atoms with Crippen molar-refractivity contribution in [2.45, 2.75) is 12.8 Å². The summed E-state index contributed by atoms with van der Waals surface area (Å²) in [6, 6.07) is 5.63. The second kappa shape index (κ2) is 6.47. The van der Waals surface area contributed by atoms with E-state index in [0.29, 0.717) is 28.8 Å². The Balaban J connectivity index is 2.68. The summed E-state index contributed by atoms with van der Waals surface area (Å²) in [6.45, 7) is 0.690. The molecule has 0 spiro atoms. The maximum absolute atomic E-state index is 8.39. The Morgan fingerprint density at radius 3 is 2.75 bits per heavy atom. The van der Waals surface area contributed by atoms with Crippen LogP contribution in [-0.4, -0.2) is 13.7 Å². The number of benzene rings is 1. The van der Waals surface area contributed by atoms with Gasteiger partial charge in [-0.1, -0.05) is 23.2 Å². The smallest absolute Gasteiger partial charge is 0.139 e. The molecule has 0 aliphatic heterocycles. The maximum Gasteiger partial charge on any atom is 0.139 e. The van der Waals surface area contributed by atoms with Crippen molar-refractivity contribution in [3.05, 3.63) is 22.2 Å². The summed E-state index contributed by atoms with van der Waals surface area (Å²) in [4.78, 5) is 0. The number of nitrogens with one attached hydrogen (secondary N) is 1. The Morgan fingerprint density at radius 2 is 2.12 bits per heavy atom. The Bertz CT molecular complexity index is 402. The van der Waals surface area contributed by atoms with Gasteiger partial charge in [-0.2, -0.15) is 5.26 Å². The van der Waals surface area contributed by atoms with E-state index in [0.717, 1.165) is 12.1 Å². The summed E-state index contributed by atoms with van der Waals surface area (Å²) in [5, 5.41) is 12.3. The van der Waals surface area contributed by atoms with Crippen LogP contribution in [0.2, 0.25) is 10.0 Å². The van der Waals surface area contributed by atoms with Crippen LogP contribution >= 0.6 is 23.2 Å². The molecule has 3 nitrogen and oxygen atoms in total. The highest BCUT2D eigenvalue weighted by molar-refractivity contribution is 6.44. The van der Waals surface area contributed by atoms with E-state index in [1.54, 1.807) is 12.1 Å². The number of unbranched alkanes of at least 4 members (excludes halogenated alkanes) is 1. The standard InChI is InChI=1S/C11H12Cl2N2O/c1-16-9-5-4-8(10(12)11(9)13)15-7-3-2-6-14/h4-5,15H,2-3,7H2,1H3. The summed E-state index contributed by atoms with van der Waals surface area (Å²) >= 11 is 12.0. The van der Waals surface area contributed by atoms with Crippen LogP contribution in [0.3, 0.4) is 0 Å². The first-order chi connectivity index (χ1) is 7.70. The number of anilines is 1. The lowest BCUT2D eigenvalue weighted by Crippen LogP contribution is -2.02. The van der Waals surface area contributed by atoms with Gasteiger partial charge in [0.25, 0.3) is 0 Å². The quantitative estimate of drug-likeness (QED) is 0.819. The number of hydrogen-bond donors (Lipinski definition) is 1. The van der Waals surface area contributed by atoms with Gasteiger partial charge in [-0.15, -0.1) is 0 Å². The summed E-state index contributed by atoms with van der Waals surface area (Å²) < 4.78 is 5.04. The summed E-state index contributed by atoms with van der Waals surface area (Å²) in [5.74, 6) is 0.550. The summed E-state index contributed by atoms with van der Waals surface area (Å²) in [6.07, 6.45) is 1.30. The first-order valence-electron chi connectivity index (χ1n) is 4.83. The molecule has 0 amide bonds. The lowest BCUT2D eigenvalue weighted by atomic mass is 10.2. The number of nitriles is 1. The molecule has 0 saturated heterocycles. The van der Waals surface area contributed by atoms with Gasteiger partial charge >= 0.3 is 0 Å². The fraction of sp³-hybridized carbons (Fsp3) is 0.364. The van der Waals surface area contributed by atoms with Gasteiger partial charge in [-0.3, -0.25) is 0 Å². The van der Waals surface area contributed by atoms with E-state index < -0.39 is 0 Å². The number of methoxy groups -OCH3 is 1. The highest BCUT2D eigenvalue weighted by atomic mass is 35.5. The van der Waals surface area contributed by atoms with Crippen molar-refractivity contribution in [2.24, 2.45) is 0 Å². The molecule has 0 aliphatic rings. The molecule has 86 valence electrons. The van der Waals surface area contributed by atoms with Crippen molar-refractivity contribution in [1.29, 1.82) is 5.26 Å². The zero-order chi connectivity index (χ0) is 12.0. The zero-order valence-corrected chi connectivity index (χ0v) is 10.4. The van der Waals surface area contributed by atoms with Gasteiger partial charge in [0.1, 0.15) is 10.8 Å². The maximum atomic E-state index is 8.39. The molecule has 0 aromatic heterocycles. The van der Waals surface area contributed by atoms with E-state index in [4.69, 9.17) is 33.2 Å². The van der Waals surface area contributed by atoms with Gasteiger partial charge in [0.05, 0.1) is 23.9 Å². The van der Waals surface area contributed by atoms with Crippen LogP contribution in [0.4, 0.5) is 5.69 Å². The predicted octanol–water partition coefficient (Wildman–Crippen LogP) is 3.72. The van der Waals surface area contributed by atoms with Gasteiger partial charge in [0, 0.05) is 13.0 Å². The molecule has 0 aliphatic carbocycles. The summed E-state index contributed by atoms with van der Waals surface area (Å²) in [5.41, 5.74) is 0.755. The average molecular weight is 259 g/mol. The molecule has 0 saturated carbocycles. The van der Waals surface area contributed by atoms with Crippen molar-refractivity contribution in [3.8, 4) is 11.8 Å². The third-order valence-corrected chi connectivity index (χ3v) is 2.91. The van der Waals surface area contributed by atoms with Crippen molar-refractivity contribution in [3.63, 3.8) is 0 Å². The molecule has 0 atom stereocenters. The van der Waals surface area contributed by atoms with Crippen LogP contribution in [-0.2, 0) is 0 Å². The molecule has 0 fully saturated rings. The Kier molecular flexibility index (Phi) is 5.24. The molecule has 0 unspecified atom stereocenters. The molecule has 1 aromatic carbocycles. The van der Waals surface area contributed by atoms with E-state index in [9.17, 15) is 0 Å². The molecule has 0 bridgehead atoms. The monoisotopic (exact) mass is 258 g/mol. The number of nitrogens with zero attached hydrogens (tertiary/aromatic N) is 1. The second-order valence-electron chi connectivity index (χ2n) is 3.13. The third-order valence-electron chi connectivity index (χ3n) is 2.05. The van der Waals surface area contributed by atoms with Crippen LogP contribution < -0.4 is 10.1 Å². The number of ether oxygens (including phenoxy) is 1. The topological polar surface area (TPSA) is 45.0 Å². The highest BCUT2D eigenvalue weighted by Crippen LogP contribution is 2.37. The molecule has 1 N–H and O–H groups in total. The Morgan fingerprint density at radius 1 is 1.38 bits per heavy atom. The van der Waals surface area contributed by atoms with Crippen molar-refractivity contribution in [1.82, 2.24) is 0 Å². The van der Waals surface area contributed by atoms with Crippen LogP contribution in [0, 0.1) is 11.3 Å². The highest BCUT2D eigenvalue weighted by Gasteiger charge is 2.09. The largest absolute Gasteiger partial charge is 0.495 e. The molecular weight excluding hydrogens is 247 g/mol. The molecule has 1 rings (SSSR count). The lowest BCUT2D eigenvalue weighted by Gasteiger charge is -2.11. The normalized spacial score (nSPS) is 9.62. The van der Waals surface area contributed by atoms with Crippen LogP contribution in [0.5, 0.6) is 5.75 Å².